The number of carboxylic acid groups (broad SMARTS) is 1. The fourth-order valence-corrected chi connectivity index (χ4v) is 3.42. The molecule has 2 heterocycles. The lowest BCUT2D eigenvalue weighted by Crippen LogP contribution is -2.14. The molecule has 0 fully saturated rings. The molecule has 0 aliphatic carbocycles. The van der Waals surface area contributed by atoms with Crippen molar-refractivity contribution in [2.75, 3.05) is 5.32 Å². The molecule has 0 saturated carbocycles. The largest absolute Gasteiger partial charge is 0.478 e. The van der Waals surface area contributed by atoms with Crippen LogP contribution < -0.4 is 5.32 Å². The number of benzene rings is 1. The molecule has 2 aromatic heterocycles. The van der Waals surface area contributed by atoms with Crippen LogP contribution in [0.25, 0.3) is 11.1 Å². The van der Waals surface area contributed by atoms with E-state index in [1.54, 1.807) is 23.2 Å². The molecule has 3 rings (SSSR count). The van der Waals surface area contributed by atoms with Gasteiger partial charge in [0.05, 0.1) is 6.33 Å². The van der Waals surface area contributed by atoms with Crippen LogP contribution in [0.5, 0.6) is 0 Å². The molecule has 0 aliphatic heterocycles. The molecule has 0 unspecified atom stereocenters. The third-order valence-electron chi connectivity index (χ3n) is 3.32. The molecule has 122 valence electrons. The van der Waals surface area contributed by atoms with E-state index in [0.717, 1.165) is 10.0 Å². The van der Waals surface area contributed by atoms with E-state index >= 15 is 0 Å². The van der Waals surface area contributed by atoms with Gasteiger partial charge < -0.3 is 15.0 Å². The van der Waals surface area contributed by atoms with Crippen LogP contribution in [0, 0.1) is 0 Å². The van der Waals surface area contributed by atoms with Gasteiger partial charge >= 0.3 is 5.97 Å². The summed E-state index contributed by atoms with van der Waals surface area (Å²) in [4.78, 5) is 27.9. The fraction of sp³-hybridized carbons (Fsp3) is 0.0625. The van der Waals surface area contributed by atoms with Gasteiger partial charge in [0.2, 0.25) is 0 Å². The second kappa shape index (κ2) is 6.58. The van der Waals surface area contributed by atoms with Gasteiger partial charge in [-0.3, -0.25) is 4.79 Å². The summed E-state index contributed by atoms with van der Waals surface area (Å²) in [6.45, 7) is 0. The summed E-state index contributed by atoms with van der Waals surface area (Å²) in [7, 11) is 1.75. The number of imidazole rings is 1. The summed E-state index contributed by atoms with van der Waals surface area (Å²) in [6.07, 6.45) is 3.08. The van der Waals surface area contributed by atoms with Crippen LogP contribution in [0.1, 0.15) is 20.8 Å². The number of carbonyl (C=O) groups excluding carboxylic acids is 1. The fourth-order valence-electron chi connectivity index (χ4n) is 2.20. The Bertz CT molecular complexity index is 915. The first-order chi connectivity index (χ1) is 11.5. The number of aryl methyl sites for hydroxylation is 1. The third-order valence-corrected chi connectivity index (χ3v) is 4.75. The molecule has 0 spiro atoms. The van der Waals surface area contributed by atoms with Gasteiger partial charge in [-0.2, -0.15) is 0 Å². The summed E-state index contributed by atoms with van der Waals surface area (Å²) in [5, 5.41) is 14.2. The number of rotatable bonds is 4. The second-order valence-corrected chi connectivity index (χ2v) is 6.84. The number of anilines is 1. The van der Waals surface area contributed by atoms with Crippen LogP contribution >= 0.6 is 27.3 Å². The summed E-state index contributed by atoms with van der Waals surface area (Å²) in [5.74, 6) is -1.53. The lowest BCUT2D eigenvalue weighted by molar-refractivity contribution is 0.0699. The number of aromatic nitrogens is 2. The van der Waals surface area contributed by atoms with Crippen LogP contribution in [0.4, 0.5) is 5.00 Å². The zero-order chi connectivity index (χ0) is 17.3. The first-order valence-electron chi connectivity index (χ1n) is 6.85. The van der Waals surface area contributed by atoms with E-state index in [9.17, 15) is 14.7 Å². The maximum Gasteiger partial charge on any atom is 0.339 e. The first-order valence-corrected chi connectivity index (χ1v) is 8.53. The highest BCUT2D eigenvalue weighted by atomic mass is 79.9. The lowest BCUT2D eigenvalue weighted by atomic mass is 10.0. The van der Waals surface area contributed by atoms with Crippen LogP contribution in [0.2, 0.25) is 0 Å². The molecular formula is C16H12BrN3O3S. The lowest BCUT2D eigenvalue weighted by Gasteiger charge is -2.05. The van der Waals surface area contributed by atoms with E-state index < -0.39 is 11.9 Å². The van der Waals surface area contributed by atoms with Gasteiger partial charge in [0, 0.05) is 28.7 Å². The van der Waals surface area contributed by atoms with E-state index in [1.165, 1.54) is 17.7 Å². The number of hydrogen-bond donors (Lipinski definition) is 2. The Morgan fingerprint density at radius 1 is 1.29 bits per heavy atom. The number of amides is 1. The Kier molecular flexibility index (Phi) is 4.50. The highest BCUT2D eigenvalue weighted by Gasteiger charge is 2.22. The van der Waals surface area contributed by atoms with Crippen LogP contribution in [0.3, 0.4) is 0 Å². The van der Waals surface area contributed by atoms with Crippen LogP contribution in [-0.2, 0) is 7.05 Å². The van der Waals surface area contributed by atoms with E-state index in [0.29, 0.717) is 5.56 Å². The second-order valence-electron chi connectivity index (χ2n) is 5.04. The number of halogens is 1. The molecule has 0 radical (unpaired) electrons. The average molecular weight is 406 g/mol. The summed E-state index contributed by atoms with van der Waals surface area (Å²) >= 11 is 4.53. The van der Waals surface area contributed by atoms with Crippen molar-refractivity contribution in [1.82, 2.24) is 9.55 Å². The first kappa shape index (κ1) is 16.4. The van der Waals surface area contributed by atoms with Crippen molar-refractivity contribution in [2.45, 2.75) is 0 Å². The number of hydrogen-bond acceptors (Lipinski definition) is 4. The number of nitrogens with zero attached hydrogens (tertiary/aromatic N) is 2. The van der Waals surface area contributed by atoms with Gasteiger partial charge in [0.25, 0.3) is 5.91 Å². The molecule has 0 aliphatic rings. The third kappa shape index (κ3) is 3.24. The number of thiophene rings is 1. The maximum atomic E-state index is 12.2. The summed E-state index contributed by atoms with van der Waals surface area (Å²) in [5.41, 5.74) is 1.64. The molecular weight excluding hydrogens is 394 g/mol. The van der Waals surface area contributed by atoms with E-state index in [4.69, 9.17) is 0 Å². The highest BCUT2D eigenvalue weighted by Crippen LogP contribution is 2.36. The highest BCUT2D eigenvalue weighted by molar-refractivity contribution is 9.10. The minimum Gasteiger partial charge on any atom is -0.478 e. The molecule has 0 saturated heterocycles. The van der Waals surface area contributed by atoms with Gasteiger partial charge in [0.1, 0.15) is 16.3 Å². The Hall–Kier alpha value is -2.45. The van der Waals surface area contributed by atoms with Gasteiger partial charge in [-0.1, -0.05) is 28.1 Å². The van der Waals surface area contributed by atoms with Crippen molar-refractivity contribution in [3.8, 4) is 11.1 Å². The van der Waals surface area contributed by atoms with Crippen molar-refractivity contribution >= 4 is 44.1 Å². The summed E-state index contributed by atoms with van der Waals surface area (Å²) < 4.78 is 2.55. The Balaban J connectivity index is 1.96. The molecule has 1 aromatic carbocycles. The zero-order valence-corrected chi connectivity index (χ0v) is 14.9. The Morgan fingerprint density at radius 2 is 2.00 bits per heavy atom. The van der Waals surface area contributed by atoms with E-state index in [2.05, 4.69) is 26.2 Å². The predicted octanol–water partition coefficient (Wildman–Crippen LogP) is 3.86. The monoisotopic (exact) mass is 405 g/mol. The zero-order valence-electron chi connectivity index (χ0n) is 12.5. The molecule has 3 aromatic rings. The Morgan fingerprint density at radius 3 is 2.58 bits per heavy atom. The molecule has 8 heteroatoms. The van der Waals surface area contributed by atoms with E-state index in [-0.39, 0.29) is 16.3 Å². The molecule has 1 amide bonds. The van der Waals surface area contributed by atoms with Crippen molar-refractivity contribution in [3.63, 3.8) is 0 Å². The maximum absolute atomic E-state index is 12.2. The van der Waals surface area contributed by atoms with Crippen molar-refractivity contribution in [3.05, 3.63) is 57.9 Å². The van der Waals surface area contributed by atoms with E-state index in [1.807, 2.05) is 24.3 Å². The molecule has 24 heavy (non-hydrogen) atoms. The van der Waals surface area contributed by atoms with Gasteiger partial charge in [-0.05, 0) is 17.7 Å². The predicted molar refractivity (Wildman–Crippen MR) is 95.6 cm³/mol. The standard InChI is InChI=1S/C16H12BrN3O3S/c1-20-6-12(18-8-20)14(21)19-15-13(16(22)23)11(7-24-15)9-2-4-10(17)5-3-9/h2-8H,1H3,(H,19,21)(H,22,23). The normalized spacial score (nSPS) is 10.6. The minimum atomic E-state index is -1.09. The molecule has 0 atom stereocenters. The van der Waals surface area contributed by atoms with Crippen molar-refractivity contribution in [1.29, 1.82) is 0 Å². The smallest absolute Gasteiger partial charge is 0.339 e. The number of carbonyl (C=O) groups is 2. The van der Waals surface area contributed by atoms with Gasteiger partial charge in [-0.25, -0.2) is 9.78 Å². The van der Waals surface area contributed by atoms with Crippen LogP contribution in [0.15, 0.2) is 46.6 Å². The SMILES string of the molecule is Cn1cnc(C(=O)Nc2scc(-c3ccc(Br)cc3)c2C(=O)O)c1. The topological polar surface area (TPSA) is 84.2 Å². The van der Waals surface area contributed by atoms with Crippen LogP contribution in [-0.4, -0.2) is 26.5 Å². The molecule has 0 bridgehead atoms. The van der Waals surface area contributed by atoms with Crippen molar-refractivity contribution in [2.24, 2.45) is 7.05 Å². The number of carboxylic acids is 1. The minimum absolute atomic E-state index is 0.0756. The average Bonchev–Trinajstić information content (AvgIpc) is 3.14. The summed E-state index contributed by atoms with van der Waals surface area (Å²) in [6, 6.07) is 7.32. The Labute approximate surface area is 149 Å². The van der Waals surface area contributed by atoms with Gasteiger partial charge in [-0.15, -0.1) is 11.3 Å². The molecule has 6 nitrogen and oxygen atoms in total. The van der Waals surface area contributed by atoms with Crippen molar-refractivity contribution < 1.29 is 14.7 Å². The number of aromatic carboxylic acids is 1. The number of nitrogens with one attached hydrogen (secondary N) is 1. The quantitative estimate of drug-likeness (QED) is 0.689. The molecule has 2 N–H and O–H groups in total. The van der Waals surface area contributed by atoms with Gasteiger partial charge in [0.15, 0.2) is 0 Å².